The maximum atomic E-state index is 12.0. The molecule has 0 aliphatic heterocycles. The Bertz CT molecular complexity index is 426. The highest BCUT2D eigenvalue weighted by Crippen LogP contribution is 2.07. The second-order valence-electron chi connectivity index (χ2n) is 4.52. The summed E-state index contributed by atoms with van der Waals surface area (Å²) >= 11 is 0. The van der Waals surface area contributed by atoms with Crippen LogP contribution in [0, 0.1) is 0 Å². The smallest absolute Gasteiger partial charge is 0.256 e. The fourth-order valence-electron chi connectivity index (χ4n) is 1.94. The van der Waals surface area contributed by atoms with Gasteiger partial charge in [0.25, 0.3) is 5.91 Å². The molecule has 0 aromatic carbocycles. The summed E-state index contributed by atoms with van der Waals surface area (Å²) in [7, 11) is 0. The van der Waals surface area contributed by atoms with Gasteiger partial charge >= 0.3 is 0 Å². The molecule has 0 spiro atoms. The molecular weight excluding hydrogens is 228 g/mol. The molecule has 0 saturated heterocycles. The molecule has 0 aliphatic rings. The first-order valence-corrected chi connectivity index (χ1v) is 6.67. The lowest BCUT2D eigenvalue weighted by Crippen LogP contribution is -2.37. The number of carbonyl (C=O) groups is 1. The normalized spacial score (nSPS) is 12.1. The van der Waals surface area contributed by atoms with Crippen LogP contribution in [0.4, 0.5) is 0 Å². The number of hydrogen-bond donors (Lipinski definition) is 2. The van der Waals surface area contributed by atoms with Crippen molar-refractivity contribution in [1.29, 1.82) is 0 Å². The summed E-state index contributed by atoms with van der Waals surface area (Å²) in [6.07, 6.45) is 8.15. The minimum Gasteiger partial charge on any atom is -0.367 e. The van der Waals surface area contributed by atoms with Crippen LogP contribution in [0.2, 0.25) is 0 Å². The van der Waals surface area contributed by atoms with Crippen molar-refractivity contribution < 1.29 is 4.79 Å². The third kappa shape index (κ3) is 4.35. The van der Waals surface area contributed by atoms with Crippen LogP contribution < -0.4 is 10.7 Å². The predicted molar refractivity (Wildman–Crippen MR) is 72.7 cm³/mol. The van der Waals surface area contributed by atoms with Crippen LogP contribution in [-0.4, -0.2) is 16.9 Å². The zero-order valence-corrected chi connectivity index (χ0v) is 11.2. The molecule has 4 heteroatoms. The largest absolute Gasteiger partial charge is 0.367 e. The molecule has 1 amide bonds. The Labute approximate surface area is 108 Å². The SMILES string of the molecule is CCCCC(CCC)NC(=O)c1c[nH]ccc1=O. The van der Waals surface area contributed by atoms with Crippen molar-refractivity contribution in [3.8, 4) is 0 Å². The van der Waals surface area contributed by atoms with E-state index in [1.165, 1.54) is 18.5 Å². The number of amides is 1. The number of carbonyl (C=O) groups excluding carboxylic acids is 1. The summed E-state index contributed by atoms with van der Waals surface area (Å²) < 4.78 is 0. The van der Waals surface area contributed by atoms with E-state index in [4.69, 9.17) is 0 Å². The van der Waals surface area contributed by atoms with Gasteiger partial charge in [0.05, 0.1) is 0 Å². The van der Waals surface area contributed by atoms with E-state index in [1.807, 2.05) is 0 Å². The summed E-state index contributed by atoms with van der Waals surface area (Å²) in [5.74, 6) is -0.272. The molecule has 1 unspecified atom stereocenters. The van der Waals surface area contributed by atoms with Crippen molar-refractivity contribution in [3.63, 3.8) is 0 Å². The first-order valence-electron chi connectivity index (χ1n) is 6.67. The van der Waals surface area contributed by atoms with Gasteiger partial charge < -0.3 is 10.3 Å². The lowest BCUT2D eigenvalue weighted by atomic mass is 10.0. The second kappa shape index (κ2) is 7.69. The van der Waals surface area contributed by atoms with Gasteiger partial charge in [-0.3, -0.25) is 9.59 Å². The molecule has 1 atom stereocenters. The number of H-pyrrole nitrogens is 1. The summed E-state index contributed by atoms with van der Waals surface area (Å²) in [5, 5.41) is 2.95. The fraction of sp³-hybridized carbons (Fsp3) is 0.571. The van der Waals surface area contributed by atoms with Crippen molar-refractivity contribution in [2.45, 2.75) is 52.0 Å². The monoisotopic (exact) mass is 250 g/mol. The van der Waals surface area contributed by atoms with E-state index < -0.39 is 0 Å². The lowest BCUT2D eigenvalue weighted by molar-refractivity contribution is 0.0930. The van der Waals surface area contributed by atoms with E-state index >= 15 is 0 Å². The van der Waals surface area contributed by atoms with E-state index in [9.17, 15) is 9.59 Å². The summed E-state index contributed by atoms with van der Waals surface area (Å²) in [6, 6.07) is 1.54. The molecular formula is C14H22N2O2. The van der Waals surface area contributed by atoms with E-state index in [1.54, 1.807) is 0 Å². The summed E-state index contributed by atoms with van der Waals surface area (Å²) in [5.41, 5.74) is -0.0490. The molecule has 1 aromatic heterocycles. The Morgan fingerprint density at radius 1 is 1.33 bits per heavy atom. The third-order valence-electron chi connectivity index (χ3n) is 2.95. The molecule has 18 heavy (non-hydrogen) atoms. The molecule has 4 nitrogen and oxygen atoms in total. The van der Waals surface area contributed by atoms with Crippen molar-refractivity contribution >= 4 is 5.91 Å². The number of rotatable bonds is 7. The van der Waals surface area contributed by atoms with Crippen molar-refractivity contribution in [1.82, 2.24) is 10.3 Å². The Hall–Kier alpha value is -1.58. The minimum absolute atomic E-state index is 0.169. The maximum Gasteiger partial charge on any atom is 0.256 e. The van der Waals surface area contributed by atoms with Crippen LogP contribution in [0.1, 0.15) is 56.3 Å². The van der Waals surface area contributed by atoms with E-state index in [0.717, 1.165) is 32.1 Å². The van der Waals surface area contributed by atoms with Gasteiger partial charge in [-0.15, -0.1) is 0 Å². The van der Waals surface area contributed by atoms with Crippen LogP contribution in [0.3, 0.4) is 0 Å². The average Bonchev–Trinajstić information content (AvgIpc) is 2.36. The van der Waals surface area contributed by atoms with Gasteiger partial charge in [-0.1, -0.05) is 33.1 Å². The molecule has 2 N–H and O–H groups in total. The van der Waals surface area contributed by atoms with Gasteiger partial charge in [0, 0.05) is 24.5 Å². The van der Waals surface area contributed by atoms with Crippen LogP contribution in [0.15, 0.2) is 23.3 Å². The highest BCUT2D eigenvalue weighted by Gasteiger charge is 2.14. The Morgan fingerprint density at radius 3 is 2.72 bits per heavy atom. The van der Waals surface area contributed by atoms with Gasteiger partial charge in [-0.2, -0.15) is 0 Å². The van der Waals surface area contributed by atoms with E-state index in [-0.39, 0.29) is 22.9 Å². The van der Waals surface area contributed by atoms with Crippen molar-refractivity contribution in [2.24, 2.45) is 0 Å². The maximum absolute atomic E-state index is 12.0. The summed E-state index contributed by atoms with van der Waals surface area (Å²) in [6.45, 7) is 4.23. The van der Waals surface area contributed by atoms with Crippen LogP contribution in [-0.2, 0) is 0 Å². The molecule has 0 fully saturated rings. The molecule has 1 aromatic rings. The Kier molecular flexibility index (Phi) is 6.19. The summed E-state index contributed by atoms with van der Waals surface area (Å²) in [4.78, 5) is 26.3. The number of nitrogens with one attached hydrogen (secondary N) is 2. The second-order valence-corrected chi connectivity index (χ2v) is 4.52. The van der Waals surface area contributed by atoms with Crippen molar-refractivity contribution in [2.75, 3.05) is 0 Å². The zero-order valence-electron chi connectivity index (χ0n) is 11.2. The van der Waals surface area contributed by atoms with Gasteiger partial charge in [-0.05, 0) is 12.8 Å². The highest BCUT2D eigenvalue weighted by atomic mass is 16.2. The molecule has 0 saturated carbocycles. The van der Waals surface area contributed by atoms with Crippen LogP contribution in [0.25, 0.3) is 0 Å². The predicted octanol–water partition coefficient (Wildman–Crippen LogP) is 2.46. The van der Waals surface area contributed by atoms with E-state index in [2.05, 4.69) is 24.1 Å². The van der Waals surface area contributed by atoms with Crippen LogP contribution >= 0.6 is 0 Å². The molecule has 0 bridgehead atoms. The molecule has 100 valence electrons. The number of unbranched alkanes of at least 4 members (excludes halogenated alkanes) is 1. The number of aromatic nitrogens is 1. The Balaban J connectivity index is 2.66. The van der Waals surface area contributed by atoms with Gasteiger partial charge in [-0.25, -0.2) is 0 Å². The number of pyridine rings is 1. The fourth-order valence-corrected chi connectivity index (χ4v) is 1.94. The lowest BCUT2D eigenvalue weighted by Gasteiger charge is -2.17. The molecule has 0 aliphatic carbocycles. The first-order chi connectivity index (χ1) is 8.69. The van der Waals surface area contributed by atoms with Crippen molar-refractivity contribution in [3.05, 3.63) is 34.2 Å². The van der Waals surface area contributed by atoms with Crippen LogP contribution in [0.5, 0.6) is 0 Å². The molecule has 1 heterocycles. The standard InChI is InChI=1S/C14H22N2O2/c1-3-5-7-11(6-4-2)16-14(18)12-10-15-9-8-13(12)17/h8-11H,3-7H2,1-2H3,(H,15,17)(H,16,18). The van der Waals surface area contributed by atoms with Gasteiger partial charge in [0.1, 0.15) is 5.56 Å². The van der Waals surface area contributed by atoms with Gasteiger partial charge in [0.15, 0.2) is 5.43 Å². The van der Waals surface area contributed by atoms with Gasteiger partial charge in [0.2, 0.25) is 0 Å². The zero-order chi connectivity index (χ0) is 13.4. The molecule has 0 radical (unpaired) electrons. The highest BCUT2D eigenvalue weighted by molar-refractivity contribution is 5.93. The quantitative estimate of drug-likeness (QED) is 0.781. The number of hydrogen-bond acceptors (Lipinski definition) is 2. The molecule has 1 rings (SSSR count). The average molecular weight is 250 g/mol. The Morgan fingerprint density at radius 2 is 2.11 bits per heavy atom. The minimum atomic E-state index is -0.272. The third-order valence-corrected chi connectivity index (χ3v) is 2.95. The number of aromatic amines is 1. The first kappa shape index (κ1) is 14.5. The van der Waals surface area contributed by atoms with E-state index in [0.29, 0.717) is 0 Å². The topological polar surface area (TPSA) is 62.0 Å².